The van der Waals surface area contributed by atoms with E-state index in [9.17, 15) is 5.26 Å². The molecule has 3 fully saturated rings. The van der Waals surface area contributed by atoms with Gasteiger partial charge in [-0.15, -0.1) is 0 Å². The average molecular weight is 435 g/mol. The van der Waals surface area contributed by atoms with Gasteiger partial charge >= 0.3 is 0 Å². The number of morpholine rings is 2. The quantitative estimate of drug-likeness (QED) is 0.725. The minimum Gasteiger partial charge on any atom is -0.378 e. The Morgan fingerprint density at radius 3 is 1.78 bits per heavy atom. The zero-order chi connectivity index (χ0) is 21.8. The Balaban J connectivity index is 1.40. The molecule has 0 bridgehead atoms. The lowest BCUT2D eigenvalue weighted by Crippen LogP contribution is -2.43. The van der Waals surface area contributed by atoms with E-state index in [1.54, 1.807) is 0 Å². The second kappa shape index (κ2) is 9.31. The number of anilines is 3. The monoisotopic (exact) mass is 434 g/mol. The van der Waals surface area contributed by atoms with Crippen LogP contribution in [0, 0.1) is 11.3 Å². The third kappa shape index (κ3) is 4.23. The van der Waals surface area contributed by atoms with Gasteiger partial charge in [-0.1, -0.05) is 30.3 Å². The molecule has 0 unspecified atom stereocenters. The molecule has 0 saturated carbocycles. The Morgan fingerprint density at radius 1 is 0.750 bits per heavy atom. The number of nitriles is 1. The molecule has 3 saturated heterocycles. The zero-order valence-corrected chi connectivity index (χ0v) is 18.4. The lowest BCUT2D eigenvalue weighted by Gasteiger charge is -2.38. The normalized spacial score (nSPS) is 21.3. The number of piperidine rings is 1. The van der Waals surface area contributed by atoms with E-state index in [4.69, 9.17) is 19.4 Å². The molecular weight excluding hydrogens is 404 g/mol. The van der Waals surface area contributed by atoms with Crippen LogP contribution in [-0.4, -0.2) is 75.7 Å². The van der Waals surface area contributed by atoms with E-state index in [0.717, 1.165) is 102 Å². The molecule has 0 spiro atoms. The van der Waals surface area contributed by atoms with Gasteiger partial charge < -0.3 is 24.2 Å². The van der Waals surface area contributed by atoms with Crippen LogP contribution in [-0.2, 0) is 14.9 Å². The Bertz CT molecular complexity index is 906. The van der Waals surface area contributed by atoms with Crippen molar-refractivity contribution in [3.05, 3.63) is 42.0 Å². The van der Waals surface area contributed by atoms with E-state index in [1.807, 2.05) is 18.2 Å². The molecule has 3 aliphatic rings. The molecule has 1 aromatic carbocycles. The van der Waals surface area contributed by atoms with E-state index in [1.165, 1.54) is 0 Å². The molecule has 8 heteroatoms. The van der Waals surface area contributed by atoms with Crippen molar-refractivity contribution in [2.45, 2.75) is 18.3 Å². The summed E-state index contributed by atoms with van der Waals surface area (Å²) in [7, 11) is 0. The first kappa shape index (κ1) is 21.0. The lowest BCUT2D eigenvalue weighted by atomic mass is 9.74. The van der Waals surface area contributed by atoms with Crippen molar-refractivity contribution in [3.8, 4) is 6.07 Å². The van der Waals surface area contributed by atoms with Crippen LogP contribution in [0.15, 0.2) is 36.4 Å². The van der Waals surface area contributed by atoms with Crippen molar-refractivity contribution < 1.29 is 9.47 Å². The number of benzene rings is 1. The maximum absolute atomic E-state index is 10.0. The number of rotatable bonds is 4. The molecule has 0 aliphatic carbocycles. The number of hydrogen-bond acceptors (Lipinski definition) is 8. The highest BCUT2D eigenvalue weighted by molar-refractivity contribution is 5.56. The smallest absolute Gasteiger partial charge is 0.229 e. The molecule has 32 heavy (non-hydrogen) atoms. The van der Waals surface area contributed by atoms with Gasteiger partial charge in [-0.3, -0.25) is 0 Å². The van der Waals surface area contributed by atoms with Crippen LogP contribution in [0.4, 0.5) is 17.6 Å². The highest BCUT2D eigenvalue weighted by Gasteiger charge is 2.37. The maximum atomic E-state index is 10.0. The van der Waals surface area contributed by atoms with Crippen LogP contribution >= 0.6 is 0 Å². The average Bonchev–Trinajstić information content (AvgIpc) is 2.90. The second-order valence-corrected chi connectivity index (χ2v) is 8.63. The molecular formula is C24H30N6O2. The van der Waals surface area contributed by atoms with Crippen LogP contribution in [0.5, 0.6) is 0 Å². The van der Waals surface area contributed by atoms with E-state index >= 15 is 0 Å². The molecule has 168 valence electrons. The molecule has 5 rings (SSSR count). The predicted octanol–water partition coefficient (Wildman–Crippen LogP) is 2.21. The van der Waals surface area contributed by atoms with Crippen molar-refractivity contribution in [3.63, 3.8) is 0 Å². The Kier molecular flexibility index (Phi) is 6.10. The summed E-state index contributed by atoms with van der Waals surface area (Å²) < 4.78 is 11.1. The summed E-state index contributed by atoms with van der Waals surface area (Å²) >= 11 is 0. The number of ether oxygens (including phenoxy) is 2. The summed E-state index contributed by atoms with van der Waals surface area (Å²) in [6, 6.07) is 14.9. The zero-order valence-electron chi connectivity index (χ0n) is 18.4. The van der Waals surface area contributed by atoms with Gasteiger partial charge in [0.05, 0.1) is 37.9 Å². The first-order chi connectivity index (χ1) is 15.8. The van der Waals surface area contributed by atoms with Gasteiger partial charge in [0.25, 0.3) is 0 Å². The van der Waals surface area contributed by atoms with E-state index in [-0.39, 0.29) is 0 Å². The summed E-state index contributed by atoms with van der Waals surface area (Å²) in [5.74, 6) is 2.68. The van der Waals surface area contributed by atoms with Gasteiger partial charge in [0.15, 0.2) is 0 Å². The summed E-state index contributed by atoms with van der Waals surface area (Å²) in [5.41, 5.74) is 0.672. The Morgan fingerprint density at radius 2 is 1.28 bits per heavy atom. The Hall–Kier alpha value is -2.89. The second-order valence-electron chi connectivity index (χ2n) is 8.63. The van der Waals surface area contributed by atoms with E-state index in [0.29, 0.717) is 0 Å². The molecule has 0 amide bonds. The molecule has 0 radical (unpaired) electrons. The third-order valence-corrected chi connectivity index (χ3v) is 6.80. The maximum Gasteiger partial charge on any atom is 0.229 e. The first-order valence-electron chi connectivity index (χ1n) is 11.5. The van der Waals surface area contributed by atoms with Crippen molar-refractivity contribution in [2.24, 2.45) is 0 Å². The van der Waals surface area contributed by atoms with Crippen molar-refractivity contribution in [2.75, 3.05) is 80.4 Å². The van der Waals surface area contributed by atoms with Gasteiger partial charge in [-0.25, -0.2) is 0 Å². The lowest BCUT2D eigenvalue weighted by molar-refractivity contribution is 0.122. The Labute approximate surface area is 189 Å². The van der Waals surface area contributed by atoms with Crippen LogP contribution in [0.3, 0.4) is 0 Å². The van der Waals surface area contributed by atoms with Crippen LogP contribution in [0.2, 0.25) is 0 Å². The van der Waals surface area contributed by atoms with Crippen LogP contribution < -0.4 is 14.7 Å². The minimum atomic E-state index is -0.438. The van der Waals surface area contributed by atoms with Crippen LogP contribution in [0.25, 0.3) is 0 Å². The highest BCUT2D eigenvalue weighted by atomic mass is 16.5. The molecule has 1 aromatic heterocycles. The fourth-order valence-corrected chi connectivity index (χ4v) is 4.77. The van der Waals surface area contributed by atoms with E-state index in [2.05, 4.69) is 39.0 Å². The summed E-state index contributed by atoms with van der Waals surface area (Å²) in [6.07, 6.45) is 1.54. The third-order valence-electron chi connectivity index (χ3n) is 6.80. The molecule has 3 aliphatic heterocycles. The molecule has 4 heterocycles. The highest BCUT2D eigenvalue weighted by Crippen LogP contribution is 2.36. The van der Waals surface area contributed by atoms with Crippen molar-refractivity contribution in [1.29, 1.82) is 5.26 Å². The minimum absolute atomic E-state index is 0.438. The van der Waals surface area contributed by atoms with Gasteiger partial charge in [0, 0.05) is 45.3 Å². The summed E-state index contributed by atoms with van der Waals surface area (Å²) in [5, 5.41) is 10.0. The molecule has 0 atom stereocenters. The largest absolute Gasteiger partial charge is 0.378 e. The number of hydrogen-bond donors (Lipinski definition) is 0. The van der Waals surface area contributed by atoms with Gasteiger partial charge in [-0.2, -0.15) is 15.2 Å². The van der Waals surface area contributed by atoms with Gasteiger partial charge in [0.1, 0.15) is 11.6 Å². The molecule has 0 N–H and O–H groups in total. The standard InChI is InChI=1S/C24H30N6O2/c25-19-24(20-4-2-1-3-5-20)6-8-30(9-7-24)23-26-21(28-10-14-31-15-11-28)18-22(27-23)29-12-16-32-17-13-29/h1-5,18H,6-17H2. The fraction of sp³-hybridized carbons (Fsp3) is 0.542. The SMILES string of the molecule is N#CC1(c2ccccc2)CCN(c2nc(N3CCOCC3)cc(N3CCOCC3)n2)CC1. The van der Waals surface area contributed by atoms with Crippen molar-refractivity contribution >= 4 is 17.6 Å². The fourth-order valence-electron chi connectivity index (χ4n) is 4.77. The van der Waals surface area contributed by atoms with Crippen LogP contribution in [0.1, 0.15) is 18.4 Å². The predicted molar refractivity (Wildman–Crippen MR) is 123 cm³/mol. The van der Waals surface area contributed by atoms with Gasteiger partial charge in [0.2, 0.25) is 5.95 Å². The summed E-state index contributed by atoms with van der Waals surface area (Å²) in [6.45, 7) is 7.75. The molecule has 8 nitrogen and oxygen atoms in total. The van der Waals surface area contributed by atoms with Crippen molar-refractivity contribution in [1.82, 2.24) is 9.97 Å². The topological polar surface area (TPSA) is 77.8 Å². The molecule has 2 aromatic rings. The summed E-state index contributed by atoms with van der Waals surface area (Å²) in [4.78, 5) is 16.7. The van der Waals surface area contributed by atoms with E-state index < -0.39 is 5.41 Å². The van der Waals surface area contributed by atoms with Gasteiger partial charge in [-0.05, 0) is 18.4 Å². The first-order valence-corrected chi connectivity index (χ1v) is 11.5. The number of aromatic nitrogens is 2. The number of nitrogens with zero attached hydrogens (tertiary/aromatic N) is 6.